The molecule has 78 valence electrons. The molecule has 0 bridgehead atoms. The molecule has 15 heavy (non-hydrogen) atoms. The van der Waals surface area contributed by atoms with E-state index in [1.165, 1.54) is 18.6 Å². The van der Waals surface area contributed by atoms with Crippen LogP contribution < -0.4 is 0 Å². The summed E-state index contributed by atoms with van der Waals surface area (Å²) >= 11 is 0. The van der Waals surface area contributed by atoms with E-state index >= 15 is 0 Å². The van der Waals surface area contributed by atoms with Gasteiger partial charge in [0.05, 0.1) is 12.6 Å². The van der Waals surface area contributed by atoms with E-state index in [0.717, 1.165) is 12.8 Å². The molecule has 1 aliphatic rings. The molecule has 0 spiro atoms. The van der Waals surface area contributed by atoms with E-state index in [2.05, 4.69) is 15.1 Å². The molecule has 0 unspecified atom stereocenters. The highest BCUT2D eigenvalue weighted by Crippen LogP contribution is 2.31. The number of rotatable bonds is 4. The van der Waals surface area contributed by atoms with Crippen molar-refractivity contribution in [3.63, 3.8) is 0 Å². The summed E-state index contributed by atoms with van der Waals surface area (Å²) in [4.78, 5) is 19.3. The molecule has 1 fully saturated rings. The van der Waals surface area contributed by atoms with Gasteiger partial charge in [-0.1, -0.05) is 5.16 Å². The lowest BCUT2D eigenvalue weighted by Gasteiger charge is -2.01. The molecule has 5 nitrogen and oxygen atoms in total. The molecular weight excluding hydrogens is 194 g/mol. The lowest BCUT2D eigenvalue weighted by atomic mass is 10.1. The zero-order valence-electron chi connectivity index (χ0n) is 8.13. The van der Waals surface area contributed by atoms with Crippen LogP contribution in [0.1, 0.15) is 25.0 Å². The van der Waals surface area contributed by atoms with Crippen molar-refractivity contribution in [3.05, 3.63) is 24.3 Å². The van der Waals surface area contributed by atoms with Crippen LogP contribution in [-0.2, 0) is 4.79 Å². The topological polar surface area (TPSA) is 75.4 Å². The van der Waals surface area contributed by atoms with Crippen LogP contribution >= 0.6 is 0 Å². The van der Waals surface area contributed by atoms with Gasteiger partial charge in [-0.15, -0.1) is 0 Å². The summed E-state index contributed by atoms with van der Waals surface area (Å²) < 4.78 is 0. The maximum atomic E-state index is 11.5. The third-order valence-electron chi connectivity index (χ3n) is 2.35. The molecule has 1 saturated carbocycles. The van der Waals surface area contributed by atoms with Gasteiger partial charge in [0.2, 0.25) is 0 Å². The van der Waals surface area contributed by atoms with Crippen molar-refractivity contribution < 1.29 is 10.0 Å². The van der Waals surface area contributed by atoms with Crippen molar-refractivity contribution in [1.82, 2.24) is 9.97 Å². The van der Waals surface area contributed by atoms with Crippen LogP contribution in [0.2, 0.25) is 0 Å². The van der Waals surface area contributed by atoms with E-state index < -0.39 is 0 Å². The van der Waals surface area contributed by atoms with E-state index in [1.807, 2.05) is 0 Å². The van der Waals surface area contributed by atoms with Crippen LogP contribution in [0.15, 0.2) is 23.7 Å². The Bertz CT molecular complexity index is 385. The second kappa shape index (κ2) is 4.16. The summed E-state index contributed by atoms with van der Waals surface area (Å²) in [5, 5.41) is 11.9. The average Bonchev–Trinajstić information content (AvgIpc) is 3.10. The molecule has 0 amide bonds. The van der Waals surface area contributed by atoms with E-state index in [0.29, 0.717) is 11.4 Å². The fourth-order valence-corrected chi connectivity index (χ4v) is 1.34. The summed E-state index contributed by atoms with van der Waals surface area (Å²) in [7, 11) is 0. The first-order valence-corrected chi connectivity index (χ1v) is 4.81. The zero-order chi connectivity index (χ0) is 10.7. The Morgan fingerprint density at radius 2 is 2.33 bits per heavy atom. The van der Waals surface area contributed by atoms with Gasteiger partial charge >= 0.3 is 0 Å². The van der Waals surface area contributed by atoms with Gasteiger partial charge in [0.15, 0.2) is 0 Å². The summed E-state index contributed by atoms with van der Waals surface area (Å²) in [6.45, 7) is 0. The molecule has 0 radical (unpaired) electrons. The number of aromatic nitrogens is 2. The molecule has 0 aromatic carbocycles. The molecule has 0 aliphatic heterocycles. The Labute approximate surface area is 86.9 Å². The van der Waals surface area contributed by atoms with Gasteiger partial charge in [-0.2, -0.15) is 0 Å². The minimum atomic E-state index is 0.119. The number of oxime groups is 1. The minimum absolute atomic E-state index is 0.119. The molecule has 0 saturated heterocycles. The van der Waals surface area contributed by atoms with Crippen LogP contribution in [-0.4, -0.2) is 26.7 Å². The first-order chi connectivity index (χ1) is 7.31. The number of hydrogen-bond acceptors (Lipinski definition) is 5. The first kappa shape index (κ1) is 9.76. The minimum Gasteiger partial charge on any atom is -0.411 e. The Morgan fingerprint density at radius 3 is 2.87 bits per heavy atom. The molecule has 1 aromatic rings. The second-order valence-electron chi connectivity index (χ2n) is 3.55. The monoisotopic (exact) mass is 205 g/mol. The van der Waals surface area contributed by atoms with Gasteiger partial charge in [0.25, 0.3) is 0 Å². The van der Waals surface area contributed by atoms with Crippen LogP contribution in [0.5, 0.6) is 0 Å². The summed E-state index contributed by atoms with van der Waals surface area (Å²) in [5.74, 6) is 0.284. The Morgan fingerprint density at radius 1 is 1.53 bits per heavy atom. The van der Waals surface area contributed by atoms with Gasteiger partial charge in [0, 0.05) is 18.3 Å². The largest absolute Gasteiger partial charge is 0.411 e. The predicted octanol–water partition coefficient (Wildman–Crippen LogP) is 1.02. The number of carbonyl (C=O) groups is 1. The van der Waals surface area contributed by atoms with Crippen LogP contribution in [0, 0.1) is 5.92 Å². The van der Waals surface area contributed by atoms with Gasteiger partial charge in [-0.25, -0.2) is 0 Å². The van der Waals surface area contributed by atoms with Crippen molar-refractivity contribution in [1.29, 1.82) is 0 Å². The number of hydrogen-bond donors (Lipinski definition) is 1. The number of ketones is 1. The van der Waals surface area contributed by atoms with Crippen LogP contribution in [0.4, 0.5) is 0 Å². The predicted molar refractivity (Wildman–Crippen MR) is 52.7 cm³/mol. The SMILES string of the molecule is O=C(C/C(=N/O)c1cnccn1)C1CC1. The maximum absolute atomic E-state index is 11.5. The average molecular weight is 205 g/mol. The van der Waals surface area contributed by atoms with Crippen molar-refractivity contribution in [2.24, 2.45) is 11.1 Å². The summed E-state index contributed by atoms with van der Waals surface area (Å²) in [6.07, 6.45) is 6.56. The maximum Gasteiger partial charge on any atom is 0.142 e. The first-order valence-electron chi connectivity index (χ1n) is 4.81. The Balaban J connectivity index is 2.08. The highest BCUT2D eigenvalue weighted by Gasteiger charge is 2.30. The number of carbonyl (C=O) groups excluding carboxylic acids is 1. The molecule has 1 aromatic heterocycles. The van der Waals surface area contributed by atoms with Gasteiger partial charge in [0.1, 0.15) is 17.2 Å². The van der Waals surface area contributed by atoms with Crippen molar-refractivity contribution in [2.75, 3.05) is 0 Å². The lowest BCUT2D eigenvalue weighted by molar-refractivity contribution is -0.119. The van der Waals surface area contributed by atoms with E-state index in [4.69, 9.17) is 5.21 Å². The third kappa shape index (κ3) is 2.37. The van der Waals surface area contributed by atoms with E-state index in [1.54, 1.807) is 0 Å². The fraction of sp³-hybridized carbons (Fsp3) is 0.400. The van der Waals surface area contributed by atoms with Crippen LogP contribution in [0.25, 0.3) is 0 Å². The fourth-order valence-electron chi connectivity index (χ4n) is 1.34. The summed E-state index contributed by atoms with van der Waals surface area (Å²) in [6, 6.07) is 0. The number of nitrogens with zero attached hydrogens (tertiary/aromatic N) is 3. The van der Waals surface area contributed by atoms with Gasteiger partial charge in [-0.05, 0) is 12.8 Å². The second-order valence-corrected chi connectivity index (χ2v) is 3.55. The lowest BCUT2D eigenvalue weighted by Crippen LogP contribution is -2.12. The third-order valence-corrected chi connectivity index (χ3v) is 2.35. The highest BCUT2D eigenvalue weighted by atomic mass is 16.4. The smallest absolute Gasteiger partial charge is 0.142 e. The molecule has 1 aliphatic carbocycles. The Hall–Kier alpha value is -1.78. The van der Waals surface area contributed by atoms with E-state index in [-0.39, 0.29) is 18.1 Å². The van der Waals surface area contributed by atoms with Crippen molar-refractivity contribution in [2.45, 2.75) is 19.3 Å². The standard InChI is InChI=1S/C10H11N3O2/c14-10(7-1-2-7)5-8(13-15)9-6-11-3-4-12-9/h3-4,6-7,15H,1-2,5H2/b13-8-. The van der Waals surface area contributed by atoms with Crippen molar-refractivity contribution >= 4 is 11.5 Å². The molecule has 2 rings (SSSR count). The molecule has 1 N–H and O–H groups in total. The zero-order valence-corrected chi connectivity index (χ0v) is 8.13. The van der Waals surface area contributed by atoms with Crippen molar-refractivity contribution in [3.8, 4) is 0 Å². The Kier molecular flexibility index (Phi) is 2.71. The normalized spacial score (nSPS) is 16.4. The van der Waals surface area contributed by atoms with E-state index in [9.17, 15) is 4.79 Å². The number of Topliss-reactive ketones (excluding diaryl/α,β-unsaturated/α-hetero) is 1. The van der Waals surface area contributed by atoms with Gasteiger partial charge in [-0.3, -0.25) is 14.8 Å². The molecule has 0 atom stereocenters. The molecule has 1 heterocycles. The highest BCUT2D eigenvalue weighted by molar-refractivity contribution is 6.10. The van der Waals surface area contributed by atoms with Gasteiger partial charge < -0.3 is 5.21 Å². The molecular formula is C10H11N3O2. The molecule has 5 heteroatoms. The van der Waals surface area contributed by atoms with Crippen LogP contribution in [0.3, 0.4) is 0 Å². The summed E-state index contributed by atoms with van der Waals surface area (Å²) in [5.41, 5.74) is 0.744. The quantitative estimate of drug-likeness (QED) is 0.452.